The average Bonchev–Trinajstić information content (AvgIpc) is 2.53. The number of pyridine rings is 2. The summed E-state index contributed by atoms with van der Waals surface area (Å²) in [5, 5.41) is 0. The largest absolute Gasteiger partial charge is 0.289 e. The monoisotopic (exact) mass is 324 g/mol. The van der Waals surface area contributed by atoms with Crippen molar-refractivity contribution in [1.29, 1.82) is 0 Å². The lowest BCUT2D eigenvalue weighted by Crippen LogP contribution is -2.33. The third-order valence-corrected chi connectivity index (χ3v) is 4.65. The van der Waals surface area contributed by atoms with Gasteiger partial charge in [-0.2, -0.15) is 0 Å². The lowest BCUT2D eigenvalue weighted by Gasteiger charge is -2.29. The van der Waals surface area contributed by atoms with Crippen molar-refractivity contribution in [2.24, 2.45) is 0 Å². The van der Waals surface area contributed by atoms with Gasteiger partial charge in [-0.25, -0.2) is 0 Å². The molecule has 24 heavy (non-hydrogen) atoms. The Morgan fingerprint density at radius 1 is 0.625 bits per heavy atom. The van der Waals surface area contributed by atoms with Gasteiger partial charge in [0.2, 0.25) is 0 Å². The highest BCUT2D eigenvalue weighted by molar-refractivity contribution is 5.15. The SMILES string of the molecule is CC(C)N1Cc2cccc(n2)CN(C(C)C)Cc2cccc(n2)C1. The van der Waals surface area contributed by atoms with Gasteiger partial charge in [0.1, 0.15) is 0 Å². The van der Waals surface area contributed by atoms with Crippen LogP contribution in [0.3, 0.4) is 0 Å². The fourth-order valence-electron chi connectivity index (χ4n) is 3.09. The first kappa shape index (κ1) is 17.1. The molecule has 3 rings (SSSR count). The minimum absolute atomic E-state index is 0.455. The Balaban J connectivity index is 1.99. The molecule has 0 saturated carbocycles. The third-order valence-electron chi connectivity index (χ3n) is 4.65. The predicted molar refractivity (Wildman–Crippen MR) is 97.2 cm³/mol. The molecule has 3 heterocycles. The van der Waals surface area contributed by atoms with Crippen molar-refractivity contribution < 1.29 is 0 Å². The van der Waals surface area contributed by atoms with Crippen molar-refractivity contribution in [3.63, 3.8) is 0 Å². The van der Waals surface area contributed by atoms with Crippen molar-refractivity contribution in [3.05, 3.63) is 59.2 Å². The number of hydrogen-bond donors (Lipinski definition) is 0. The molecule has 0 saturated heterocycles. The number of fused-ring (bicyclic) bond motifs is 4. The summed E-state index contributed by atoms with van der Waals surface area (Å²) in [6, 6.07) is 13.7. The van der Waals surface area contributed by atoms with Crippen molar-refractivity contribution in [1.82, 2.24) is 19.8 Å². The average molecular weight is 324 g/mol. The highest BCUT2D eigenvalue weighted by Gasteiger charge is 2.17. The molecule has 0 spiro atoms. The van der Waals surface area contributed by atoms with Gasteiger partial charge in [0.25, 0.3) is 0 Å². The summed E-state index contributed by atoms with van der Waals surface area (Å²) in [6.07, 6.45) is 0. The van der Waals surface area contributed by atoms with Crippen molar-refractivity contribution in [2.45, 2.75) is 66.0 Å². The van der Waals surface area contributed by atoms with E-state index in [1.54, 1.807) is 0 Å². The minimum atomic E-state index is 0.455. The van der Waals surface area contributed by atoms with Gasteiger partial charge in [-0.05, 0) is 52.0 Å². The van der Waals surface area contributed by atoms with Crippen LogP contribution >= 0.6 is 0 Å². The second kappa shape index (κ2) is 7.41. The van der Waals surface area contributed by atoms with Gasteiger partial charge < -0.3 is 0 Å². The zero-order chi connectivity index (χ0) is 17.1. The maximum Gasteiger partial charge on any atom is 0.0548 e. The molecule has 4 bridgehead atoms. The van der Waals surface area contributed by atoms with E-state index < -0.39 is 0 Å². The summed E-state index contributed by atoms with van der Waals surface area (Å²) < 4.78 is 0. The van der Waals surface area contributed by atoms with Crippen LogP contribution in [0.5, 0.6) is 0 Å². The Morgan fingerprint density at radius 2 is 0.917 bits per heavy atom. The molecule has 0 atom stereocenters. The molecule has 0 aliphatic carbocycles. The van der Waals surface area contributed by atoms with Crippen molar-refractivity contribution in [2.75, 3.05) is 0 Å². The van der Waals surface area contributed by atoms with Crippen molar-refractivity contribution in [3.8, 4) is 0 Å². The normalized spacial score (nSPS) is 16.9. The molecule has 2 aromatic rings. The first-order chi connectivity index (χ1) is 11.5. The number of rotatable bonds is 2. The second-order valence-corrected chi connectivity index (χ2v) is 7.24. The van der Waals surface area contributed by atoms with Crippen LogP contribution in [0.4, 0.5) is 0 Å². The predicted octanol–water partition coefficient (Wildman–Crippen LogP) is 3.61. The molecular formula is C20H28N4. The number of hydrogen-bond acceptors (Lipinski definition) is 4. The highest BCUT2D eigenvalue weighted by atomic mass is 15.2. The molecule has 0 radical (unpaired) electrons. The summed E-state index contributed by atoms with van der Waals surface area (Å²) in [5.74, 6) is 0. The van der Waals surface area contributed by atoms with Gasteiger partial charge in [-0.15, -0.1) is 0 Å². The van der Waals surface area contributed by atoms with Gasteiger partial charge in [-0.3, -0.25) is 19.8 Å². The van der Waals surface area contributed by atoms with Crippen LogP contribution in [0.15, 0.2) is 36.4 Å². The highest BCUT2D eigenvalue weighted by Crippen LogP contribution is 2.16. The van der Waals surface area contributed by atoms with Crippen LogP contribution in [0.25, 0.3) is 0 Å². The topological polar surface area (TPSA) is 32.3 Å². The van der Waals surface area contributed by atoms with E-state index >= 15 is 0 Å². The van der Waals surface area contributed by atoms with Gasteiger partial charge in [0.15, 0.2) is 0 Å². The summed E-state index contributed by atoms with van der Waals surface area (Å²) in [6.45, 7) is 12.4. The molecule has 0 fully saturated rings. The number of aromatic nitrogens is 2. The standard InChI is InChI=1S/C20H28N4/c1-15(2)23-11-17-7-5-9-19(21-17)13-24(16(3)4)14-20-10-6-8-18(12-23)22-20/h5-10,15-16H,11-14H2,1-4H3. The maximum atomic E-state index is 4.90. The van der Waals surface area contributed by atoms with Crippen LogP contribution in [0.1, 0.15) is 50.5 Å². The van der Waals surface area contributed by atoms with Gasteiger partial charge in [0, 0.05) is 38.3 Å². The van der Waals surface area contributed by atoms with E-state index in [0.717, 1.165) is 49.0 Å². The smallest absolute Gasteiger partial charge is 0.0548 e. The second-order valence-electron chi connectivity index (χ2n) is 7.24. The van der Waals surface area contributed by atoms with Gasteiger partial charge >= 0.3 is 0 Å². The molecule has 128 valence electrons. The molecule has 0 unspecified atom stereocenters. The fourth-order valence-corrected chi connectivity index (χ4v) is 3.09. The van der Waals surface area contributed by atoms with Gasteiger partial charge in [0.05, 0.1) is 22.8 Å². The Morgan fingerprint density at radius 3 is 1.17 bits per heavy atom. The lowest BCUT2D eigenvalue weighted by atomic mass is 10.2. The van der Waals surface area contributed by atoms with E-state index in [1.807, 2.05) is 0 Å². The Bertz CT molecular complexity index is 579. The molecule has 0 N–H and O–H groups in total. The summed E-state index contributed by atoms with van der Waals surface area (Å²) in [7, 11) is 0. The molecule has 1 aliphatic rings. The quantitative estimate of drug-likeness (QED) is 0.845. The Hall–Kier alpha value is -1.78. The molecule has 0 amide bonds. The third kappa shape index (κ3) is 4.19. The van der Waals surface area contributed by atoms with E-state index in [-0.39, 0.29) is 0 Å². The zero-order valence-corrected chi connectivity index (χ0v) is 15.2. The van der Waals surface area contributed by atoms with E-state index in [2.05, 4.69) is 73.9 Å². The van der Waals surface area contributed by atoms with Gasteiger partial charge in [-0.1, -0.05) is 12.1 Å². The van der Waals surface area contributed by atoms with Crippen LogP contribution in [0.2, 0.25) is 0 Å². The first-order valence-corrected chi connectivity index (χ1v) is 8.89. The van der Waals surface area contributed by atoms with Crippen molar-refractivity contribution >= 4 is 0 Å². The van der Waals surface area contributed by atoms with Crippen LogP contribution < -0.4 is 0 Å². The lowest BCUT2D eigenvalue weighted by molar-refractivity contribution is 0.187. The van der Waals surface area contributed by atoms with E-state index in [1.165, 1.54) is 0 Å². The molecule has 2 aromatic heterocycles. The summed E-state index contributed by atoms with van der Waals surface area (Å²) in [4.78, 5) is 14.7. The van der Waals surface area contributed by atoms with Crippen LogP contribution in [-0.2, 0) is 26.2 Å². The Labute approximate surface area is 145 Å². The molecule has 4 nitrogen and oxygen atoms in total. The van der Waals surface area contributed by atoms with Crippen LogP contribution in [-0.4, -0.2) is 31.9 Å². The Kier molecular flexibility index (Phi) is 5.27. The first-order valence-electron chi connectivity index (χ1n) is 8.89. The van der Waals surface area contributed by atoms with E-state index in [4.69, 9.17) is 9.97 Å². The summed E-state index contributed by atoms with van der Waals surface area (Å²) >= 11 is 0. The zero-order valence-electron chi connectivity index (χ0n) is 15.2. The fraction of sp³-hybridized carbons (Fsp3) is 0.500. The van der Waals surface area contributed by atoms with E-state index in [0.29, 0.717) is 12.1 Å². The molecule has 1 aliphatic heterocycles. The molecular weight excluding hydrogens is 296 g/mol. The minimum Gasteiger partial charge on any atom is -0.289 e. The molecule has 4 heteroatoms. The van der Waals surface area contributed by atoms with Crippen LogP contribution in [0, 0.1) is 0 Å². The molecule has 0 aromatic carbocycles. The van der Waals surface area contributed by atoms with E-state index in [9.17, 15) is 0 Å². The summed E-state index contributed by atoms with van der Waals surface area (Å²) in [5.41, 5.74) is 4.56. The maximum absolute atomic E-state index is 4.90. The number of nitrogens with zero attached hydrogens (tertiary/aromatic N) is 4.